The maximum absolute atomic E-state index is 13.8. The molecule has 1 amide bonds. The predicted molar refractivity (Wildman–Crippen MR) is 182 cm³/mol. The molecule has 7 unspecified atom stereocenters. The van der Waals surface area contributed by atoms with Crippen molar-refractivity contribution in [1.29, 1.82) is 5.26 Å². The summed E-state index contributed by atoms with van der Waals surface area (Å²) in [7, 11) is 3.78. The van der Waals surface area contributed by atoms with E-state index in [0.29, 0.717) is 37.3 Å². The summed E-state index contributed by atoms with van der Waals surface area (Å²) >= 11 is 0. The Balaban J connectivity index is 0.960. The minimum atomic E-state index is -0.460. The number of halogens is 1. The second-order valence-electron chi connectivity index (χ2n) is 14.4. The Morgan fingerprint density at radius 3 is 2.55 bits per heavy atom. The van der Waals surface area contributed by atoms with Crippen LogP contribution in [0.1, 0.15) is 54.8 Å². The number of aliphatic imine (C=N–C) groups is 1. The SMILES string of the molecule is CC1C=C(N2CC3CC(C2)N3C(=O)C(c2ccc(F)cc2)N(C)C)N=CC1c1cc(OCCN2C3CCC2COC3)cn2ncc(C#N)c12. The van der Waals surface area contributed by atoms with Crippen LogP contribution in [0.3, 0.4) is 0 Å². The van der Waals surface area contributed by atoms with Gasteiger partial charge in [-0.25, -0.2) is 13.9 Å². The number of piperidine rings is 1. The average Bonchev–Trinajstić information content (AvgIpc) is 3.60. The summed E-state index contributed by atoms with van der Waals surface area (Å²) in [5.41, 5.74) is 3.08. The second-order valence-corrected chi connectivity index (χ2v) is 14.4. The van der Waals surface area contributed by atoms with E-state index >= 15 is 0 Å². The molecule has 49 heavy (non-hydrogen) atoms. The Kier molecular flexibility index (Phi) is 8.38. The molecule has 0 N–H and O–H groups in total. The zero-order chi connectivity index (χ0) is 33.8. The van der Waals surface area contributed by atoms with Gasteiger partial charge >= 0.3 is 0 Å². The van der Waals surface area contributed by atoms with Crippen LogP contribution in [0.25, 0.3) is 5.52 Å². The Bertz CT molecular complexity index is 1810. The molecule has 6 aliphatic rings. The van der Waals surface area contributed by atoms with Crippen molar-refractivity contribution in [3.63, 3.8) is 0 Å². The van der Waals surface area contributed by atoms with Gasteiger partial charge in [-0.3, -0.25) is 14.6 Å². The van der Waals surface area contributed by atoms with Gasteiger partial charge in [0.25, 0.3) is 0 Å². The summed E-state index contributed by atoms with van der Waals surface area (Å²) in [6.45, 7) is 6.63. The smallest absolute Gasteiger partial charge is 0.245 e. The number of hydrogen-bond donors (Lipinski definition) is 0. The molecule has 0 radical (unpaired) electrons. The fraction of sp³-hybridized carbons (Fsp3) is 0.514. The number of nitriles is 1. The van der Waals surface area contributed by atoms with Crippen molar-refractivity contribution in [2.45, 2.75) is 62.3 Å². The van der Waals surface area contributed by atoms with Gasteiger partial charge in [-0.15, -0.1) is 0 Å². The summed E-state index contributed by atoms with van der Waals surface area (Å²) < 4.78 is 27.5. The number of morpholine rings is 1. The number of carbonyl (C=O) groups is 1. The van der Waals surface area contributed by atoms with E-state index in [1.165, 1.54) is 25.0 Å². The largest absolute Gasteiger partial charge is 0.491 e. The number of rotatable bonds is 9. The number of likely N-dealkylation sites (N-methyl/N-ethyl adjacent to an activating group) is 1. The first kappa shape index (κ1) is 31.9. The molecular weight excluding hydrogens is 623 g/mol. The number of benzene rings is 1. The first-order valence-electron chi connectivity index (χ1n) is 17.4. The van der Waals surface area contributed by atoms with Gasteiger partial charge in [-0.2, -0.15) is 10.4 Å². The minimum absolute atomic E-state index is 0.0598. The highest BCUT2D eigenvalue weighted by Gasteiger charge is 2.50. The summed E-state index contributed by atoms with van der Waals surface area (Å²) in [4.78, 5) is 27.5. The predicted octanol–water partition coefficient (Wildman–Crippen LogP) is 3.82. The van der Waals surface area contributed by atoms with E-state index in [-0.39, 0.29) is 35.6 Å². The Labute approximate surface area is 286 Å². The number of piperazine rings is 1. The highest BCUT2D eigenvalue weighted by Crippen LogP contribution is 2.40. The number of aromatic nitrogens is 2. The summed E-state index contributed by atoms with van der Waals surface area (Å²) in [5.74, 6) is 1.43. The van der Waals surface area contributed by atoms with Crippen LogP contribution in [0.4, 0.5) is 4.39 Å². The molecule has 0 spiro atoms. The van der Waals surface area contributed by atoms with Crippen molar-refractivity contribution < 1.29 is 18.7 Å². The van der Waals surface area contributed by atoms with Crippen molar-refractivity contribution in [1.82, 2.24) is 29.2 Å². The molecule has 0 aliphatic carbocycles. The average molecular weight is 667 g/mol. The molecule has 12 heteroatoms. The lowest BCUT2D eigenvalue weighted by molar-refractivity contribution is -0.157. The number of ether oxygens (including phenoxy) is 2. The topological polar surface area (TPSA) is 102 Å². The zero-order valence-electron chi connectivity index (χ0n) is 28.3. The van der Waals surface area contributed by atoms with Crippen LogP contribution in [0.5, 0.6) is 5.75 Å². The number of allylic oxidation sites excluding steroid dienone is 1. The maximum Gasteiger partial charge on any atom is 0.245 e. The third-order valence-electron chi connectivity index (χ3n) is 11.2. The van der Waals surface area contributed by atoms with E-state index in [1.54, 1.807) is 22.8 Å². The van der Waals surface area contributed by atoms with Gasteiger partial charge in [0.2, 0.25) is 5.91 Å². The van der Waals surface area contributed by atoms with Gasteiger partial charge in [0.05, 0.1) is 48.8 Å². The molecule has 11 nitrogen and oxygen atoms in total. The molecule has 2 aromatic heterocycles. The molecule has 0 saturated carbocycles. The molecule has 9 rings (SSSR count). The summed E-state index contributed by atoms with van der Waals surface area (Å²) in [6.07, 6.45) is 11.0. The molecule has 256 valence electrons. The summed E-state index contributed by atoms with van der Waals surface area (Å²) in [6, 6.07) is 11.3. The summed E-state index contributed by atoms with van der Waals surface area (Å²) in [5, 5.41) is 14.4. The van der Waals surface area contributed by atoms with Crippen LogP contribution in [-0.2, 0) is 9.53 Å². The fourth-order valence-corrected chi connectivity index (χ4v) is 8.72. The van der Waals surface area contributed by atoms with E-state index in [2.05, 4.69) is 40.0 Å². The van der Waals surface area contributed by atoms with Gasteiger partial charge in [0, 0.05) is 43.9 Å². The Morgan fingerprint density at radius 1 is 1.14 bits per heavy atom. The van der Waals surface area contributed by atoms with E-state index in [1.807, 2.05) is 36.3 Å². The number of hydrogen-bond acceptors (Lipinski definition) is 9. The van der Waals surface area contributed by atoms with Crippen molar-refractivity contribution in [3.05, 3.63) is 77.1 Å². The van der Waals surface area contributed by atoms with Crippen LogP contribution in [0.15, 0.2) is 59.6 Å². The normalized spacial score (nSPS) is 28.4. The molecule has 8 heterocycles. The van der Waals surface area contributed by atoms with E-state index < -0.39 is 6.04 Å². The fourth-order valence-electron chi connectivity index (χ4n) is 8.72. The third kappa shape index (κ3) is 5.77. The Morgan fingerprint density at radius 2 is 1.88 bits per heavy atom. The monoisotopic (exact) mass is 666 g/mol. The van der Waals surface area contributed by atoms with Crippen molar-refractivity contribution in [2.24, 2.45) is 10.9 Å². The lowest BCUT2D eigenvalue weighted by atomic mass is 9.84. The van der Waals surface area contributed by atoms with E-state index in [0.717, 1.165) is 54.4 Å². The van der Waals surface area contributed by atoms with Crippen LogP contribution in [0, 0.1) is 23.1 Å². The molecule has 6 aliphatic heterocycles. The third-order valence-corrected chi connectivity index (χ3v) is 11.2. The molecule has 1 aromatic carbocycles. The number of fused-ring (bicyclic) bond motifs is 5. The molecular formula is C37H43FN8O3. The first-order chi connectivity index (χ1) is 23.8. The number of carbonyl (C=O) groups excluding carboxylic acids is 1. The minimum Gasteiger partial charge on any atom is -0.491 e. The lowest BCUT2D eigenvalue weighted by Gasteiger charge is -2.57. The first-order valence-corrected chi connectivity index (χ1v) is 17.4. The van der Waals surface area contributed by atoms with Crippen molar-refractivity contribution in [3.8, 4) is 11.8 Å². The Hall–Kier alpha value is -4.31. The molecule has 5 fully saturated rings. The van der Waals surface area contributed by atoms with Crippen molar-refractivity contribution >= 4 is 17.6 Å². The van der Waals surface area contributed by atoms with Crippen LogP contribution in [-0.4, -0.2) is 119 Å². The maximum atomic E-state index is 13.8. The van der Waals surface area contributed by atoms with Crippen LogP contribution < -0.4 is 4.74 Å². The number of pyridine rings is 1. The van der Waals surface area contributed by atoms with Crippen molar-refractivity contribution in [2.75, 3.05) is 53.6 Å². The molecule has 5 saturated heterocycles. The molecule has 7 atom stereocenters. The standard InChI is InChI=1S/C37H43FN8O3/c1-23-12-34(43-18-29-13-30(19-43)46(29)37(47)36(42(2)3)24-4-6-26(38)7-5-24)40-17-33(23)32-14-31(20-45-35(32)25(15-39)16-41-45)49-11-10-44-27-8-9-28(44)22-48-21-27/h4-7,12,14,16-17,20,23,27-30,33,36H,8-11,13,18-19,21-22H2,1-3H3. The molecule has 4 bridgehead atoms. The van der Waals surface area contributed by atoms with Crippen LogP contribution >= 0.6 is 0 Å². The van der Waals surface area contributed by atoms with Gasteiger partial charge < -0.3 is 19.3 Å². The highest BCUT2D eigenvalue weighted by atomic mass is 19.1. The highest BCUT2D eigenvalue weighted by molar-refractivity contribution is 5.85. The second kappa shape index (κ2) is 12.9. The van der Waals surface area contributed by atoms with Crippen LogP contribution in [0.2, 0.25) is 0 Å². The van der Waals surface area contributed by atoms with E-state index in [4.69, 9.17) is 14.5 Å². The molecule has 3 aromatic rings. The van der Waals surface area contributed by atoms with E-state index in [9.17, 15) is 14.4 Å². The number of nitrogens with zero attached hydrogens (tertiary/aromatic N) is 8. The zero-order valence-corrected chi connectivity index (χ0v) is 28.3. The lowest BCUT2D eigenvalue weighted by Crippen LogP contribution is -2.70. The quantitative estimate of drug-likeness (QED) is 0.340. The van der Waals surface area contributed by atoms with Gasteiger partial charge in [0.1, 0.15) is 36.1 Å². The van der Waals surface area contributed by atoms with Gasteiger partial charge in [0.15, 0.2) is 0 Å². The number of amides is 1. The van der Waals surface area contributed by atoms with Gasteiger partial charge in [-0.1, -0.05) is 19.1 Å². The van der Waals surface area contributed by atoms with Gasteiger partial charge in [-0.05, 0) is 74.7 Å².